The first-order chi connectivity index (χ1) is 8.15. The molecule has 1 aromatic heterocycles. The summed E-state index contributed by atoms with van der Waals surface area (Å²) in [6.07, 6.45) is 2.96. The van der Waals surface area contributed by atoms with E-state index in [0.717, 1.165) is 25.8 Å². The summed E-state index contributed by atoms with van der Waals surface area (Å²) in [5, 5.41) is 15.9. The highest BCUT2D eigenvalue weighted by Gasteiger charge is 2.20. The van der Waals surface area contributed by atoms with E-state index in [0.29, 0.717) is 17.6 Å². The van der Waals surface area contributed by atoms with Gasteiger partial charge in [0.1, 0.15) is 0 Å². The molecule has 0 saturated carbocycles. The molecule has 0 fully saturated rings. The maximum absolute atomic E-state index is 8.69. The maximum Gasteiger partial charge on any atom is 0.244 e. The van der Waals surface area contributed by atoms with Gasteiger partial charge in [0.15, 0.2) is 5.82 Å². The van der Waals surface area contributed by atoms with Crippen LogP contribution in [0.3, 0.4) is 0 Å². The average Bonchev–Trinajstić information content (AvgIpc) is 2.69. The lowest BCUT2D eigenvalue weighted by atomic mass is 10.0. The fourth-order valence-electron chi connectivity index (χ4n) is 1.72. The summed E-state index contributed by atoms with van der Waals surface area (Å²) in [4.78, 5) is 4.27. The number of aryl methyl sites for hydroxylation is 1. The Kier molecular flexibility index (Phi) is 6.15. The van der Waals surface area contributed by atoms with Crippen molar-refractivity contribution in [3.05, 3.63) is 11.7 Å². The van der Waals surface area contributed by atoms with Crippen molar-refractivity contribution < 1.29 is 9.63 Å². The highest BCUT2D eigenvalue weighted by molar-refractivity contribution is 4.92. The largest absolute Gasteiger partial charge is 0.396 e. The minimum Gasteiger partial charge on any atom is -0.396 e. The lowest BCUT2D eigenvalue weighted by Gasteiger charge is -2.18. The van der Waals surface area contributed by atoms with Crippen LogP contribution in [0.2, 0.25) is 0 Å². The van der Waals surface area contributed by atoms with Gasteiger partial charge in [-0.25, -0.2) is 0 Å². The van der Waals surface area contributed by atoms with Crippen LogP contribution in [0.4, 0.5) is 0 Å². The van der Waals surface area contributed by atoms with Gasteiger partial charge >= 0.3 is 0 Å². The molecule has 1 aromatic rings. The van der Waals surface area contributed by atoms with Crippen molar-refractivity contribution in [2.75, 3.05) is 13.2 Å². The Morgan fingerprint density at radius 1 is 1.29 bits per heavy atom. The third kappa shape index (κ3) is 4.83. The van der Waals surface area contributed by atoms with Gasteiger partial charge in [-0.1, -0.05) is 19.0 Å². The van der Waals surface area contributed by atoms with E-state index in [4.69, 9.17) is 9.63 Å². The zero-order chi connectivity index (χ0) is 12.7. The van der Waals surface area contributed by atoms with Crippen molar-refractivity contribution in [1.82, 2.24) is 15.5 Å². The second-order valence-corrected chi connectivity index (χ2v) is 4.64. The third-order valence-electron chi connectivity index (χ3n) is 2.68. The average molecular weight is 241 g/mol. The lowest BCUT2D eigenvalue weighted by Crippen LogP contribution is -2.27. The van der Waals surface area contributed by atoms with Gasteiger partial charge in [0.2, 0.25) is 5.89 Å². The van der Waals surface area contributed by atoms with Gasteiger partial charge in [0.05, 0.1) is 6.04 Å². The predicted octanol–water partition coefficient (Wildman–Crippen LogP) is 1.83. The summed E-state index contributed by atoms with van der Waals surface area (Å²) in [5.74, 6) is 1.75. The van der Waals surface area contributed by atoms with Crippen molar-refractivity contribution in [2.45, 2.75) is 46.1 Å². The molecular formula is C12H23N3O2. The Morgan fingerprint density at radius 3 is 2.59 bits per heavy atom. The molecule has 1 unspecified atom stereocenters. The van der Waals surface area contributed by atoms with E-state index in [2.05, 4.69) is 29.3 Å². The number of aliphatic hydroxyl groups excluding tert-OH is 1. The van der Waals surface area contributed by atoms with Crippen molar-refractivity contribution >= 4 is 0 Å². The van der Waals surface area contributed by atoms with Crippen LogP contribution >= 0.6 is 0 Å². The molecule has 0 radical (unpaired) electrons. The zero-order valence-corrected chi connectivity index (χ0v) is 10.9. The molecule has 1 heterocycles. The van der Waals surface area contributed by atoms with E-state index in [9.17, 15) is 0 Å². The highest BCUT2D eigenvalue weighted by atomic mass is 16.5. The molecule has 0 bridgehead atoms. The zero-order valence-electron chi connectivity index (χ0n) is 10.9. The minimum absolute atomic E-state index is 0.116. The number of rotatable bonds is 8. The molecule has 0 aromatic carbocycles. The van der Waals surface area contributed by atoms with Gasteiger partial charge in [-0.05, 0) is 38.6 Å². The molecule has 0 aliphatic rings. The molecule has 1 atom stereocenters. The number of hydrogen-bond donors (Lipinski definition) is 2. The molecule has 0 aliphatic heterocycles. The molecule has 0 spiro atoms. The van der Waals surface area contributed by atoms with Gasteiger partial charge < -0.3 is 14.9 Å². The maximum atomic E-state index is 8.69. The summed E-state index contributed by atoms with van der Waals surface area (Å²) in [5.41, 5.74) is 0. The fourth-order valence-corrected chi connectivity index (χ4v) is 1.72. The Balaban J connectivity index is 2.39. The van der Waals surface area contributed by atoms with Crippen LogP contribution in [0, 0.1) is 12.8 Å². The van der Waals surface area contributed by atoms with Crippen LogP contribution in [-0.4, -0.2) is 28.4 Å². The first-order valence-corrected chi connectivity index (χ1v) is 6.29. The van der Waals surface area contributed by atoms with Crippen LogP contribution in [0.15, 0.2) is 4.52 Å². The Labute approximate surface area is 103 Å². The quantitative estimate of drug-likeness (QED) is 0.679. The van der Waals surface area contributed by atoms with E-state index < -0.39 is 0 Å². The second kappa shape index (κ2) is 7.40. The Hall–Kier alpha value is -0.940. The molecule has 5 nitrogen and oxygen atoms in total. The number of unbranched alkanes of at least 4 members (excludes halogenated alkanes) is 2. The lowest BCUT2D eigenvalue weighted by molar-refractivity contribution is 0.274. The summed E-state index contributed by atoms with van der Waals surface area (Å²) in [7, 11) is 0. The van der Waals surface area contributed by atoms with E-state index in [-0.39, 0.29) is 12.6 Å². The van der Waals surface area contributed by atoms with Gasteiger partial charge in [0, 0.05) is 6.61 Å². The Bertz CT molecular complexity index is 312. The summed E-state index contributed by atoms with van der Waals surface area (Å²) < 4.78 is 5.20. The molecule has 0 saturated heterocycles. The summed E-state index contributed by atoms with van der Waals surface area (Å²) in [6, 6.07) is 0.116. The number of aromatic nitrogens is 2. The molecule has 17 heavy (non-hydrogen) atoms. The summed E-state index contributed by atoms with van der Waals surface area (Å²) >= 11 is 0. The van der Waals surface area contributed by atoms with Crippen molar-refractivity contribution in [1.29, 1.82) is 0 Å². The molecule has 1 rings (SSSR count). The van der Waals surface area contributed by atoms with Crippen LogP contribution < -0.4 is 5.32 Å². The normalized spacial score (nSPS) is 13.2. The standard InChI is InChI=1S/C12H23N3O2/c1-9(2)11(12-14-10(3)15-17-12)13-7-5-4-6-8-16/h9,11,13,16H,4-8H2,1-3H3. The van der Waals surface area contributed by atoms with Crippen molar-refractivity contribution in [3.63, 3.8) is 0 Å². The monoisotopic (exact) mass is 241 g/mol. The topological polar surface area (TPSA) is 71.2 Å². The van der Waals surface area contributed by atoms with Crippen molar-refractivity contribution in [3.8, 4) is 0 Å². The van der Waals surface area contributed by atoms with E-state index in [1.807, 2.05) is 6.92 Å². The molecule has 0 aliphatic carbocycles. The first kappa shape index (κ1) is 14.1. The SMILES string of the molecule is Cc1noc(C(NCCCCCO)C(C)C)n1. The van der Waals surface area contributed by atoms with Gasteiger partial charge in [-0.3, -0.25) is 0 Å². The van der Waals surface area contributed by atoms with E-state index >= 15 is 0 Å². The van der Waals surface area contributed by atoms with Gasteiger partial charge in [-0.2, -0.15) is 4.98 Å². The minimum atomic E-state index is 0.116. The van der Waals surface area contributed by atoms with E-state index in [1.165, 1.54) is 0 Å². The number of nitrogens with zero attached hydrogens (tertiary/aromatic N) is 2. The van der Waals surface area contributed by atoms with Gasteiger partial charge in [-0.15, -0.1) is 0 Å². The van der Waals surface area contributed by atoms with Crippen LogP contribution in [-0.2, 0) is 0 Å². The molecule has 0 amide bonds. The highest BCUT2D eigenvalue weighted by Crippen LogP contribution is 2.19. The van der Waals surface area contributed by atoms with Crippen LogP contribution in [0.1, 0.15) is 50.9 Å². The Morgan fingerprint density at radius 2 is 2.06 bits per heavy atom. The fraction of sp³-hybridized carbons (Fsp3) is 0.833. The molecular weight excluding hydrogens is 218 g/mol. The van der Waals surface area contributed by atoms with Crippen molar-refractivity contribution in [2.24, 2.45) is 5.92 Å². The third-order valence-corrected chi connectivity index (χ3v) is 2.68. The van der Waals surface area contributed by atoms with Crippen LogP contribution in [0.25, 0.3) is 0 Å². The predicted molar refractivity (Wildman–Crippen MR) is 65.6 cm³/mol. The van der Waals surface area contributed by atoms with E-state index in [1.54, 1.807) is 0 Å². The van der Waals surface area contributed by atoms with Gasteiger partial charge in [0.25, 0.3) is 0 Å². The number of hydrogen-bond acceptors (Lipinski definition) is 5. The molecule has 98 valence electrons. The smallest absolute Gasteiger partial charge is 0.244 e. The summed E-state index contributed by atoms with van der Waals surface area (Å²) in [6.45, 7) is 7.27. The number of nitrogens with one attached hydrogen (secondary N) is 1. The second-order valence-electron chi connectivity index (χ2n) is 4.64. The van der Waals surface area contributed by atoms with Crippen LogP contribution in [0.5, 0.6) is 0 Å². The first-order valence-electron chi connectivity index (χ1n) is 6.29. The number of aliphatic hydroxyl groups is 1. The molecule has 5 heteroatoms. The molecule has 2 N–H and O–H groups in total.